The number of ether oxygens (including phenoxy) is 1. The van der Waals surface area contributed by atoms with Crippen molar-refractivity contribution in [2.75, 3.05) is 31.8 Å². The van der Waals surface area contributed by atoms with Gasteiger partial charge >= 0.3 is 12.1 Å². The highest BCUT2D eigenvalue weighted by atomic mass is 32.2. The summed E-state index contributed by atoms with van der Waals surface area (Å²) in [5, 5.41) is 18.2. The van der Waals surface area contributed by atoms with Crippen LogP contribution in [0.15, 0.2) is 65.7 Å². The van der Waals surface area contributed by atoms with Crippen molar-refractivity contribution in [1.82, 2.24) is 24.1 Å². The number of aliphatic carboxylic acids is 1. The lowest BCUT2D eigenvalue weighted by Crippen LogP contribution is -2.22. The number of aromatic nitrogens is 4. The fourth-order valence-electron chi connectivity index (χ4n) is 3.35. The summed E-state index contributed by atoms with van der Waals surface area (Å²) in [4.78, 5) is 17.9. The number of nitrogens with one attached hydrogen (secondary N) is 2. The van der Waals surface area contributed by atoms with E-state index >= 15 is 0 Å². The molecule has 2 aromatic heterocycles. The van der Waals surface area contributed by atoms with E-state index in [0.29, 0.717) is 17.5 Å². The zero-order chi connectivity index (χ0) is 31.2. The topological polar surface area (TPSA) is 152 Å². The number of carboxylic acid groups (broad SMARTS) is 1. The third-order valence-corrected chi connectivity index (χ3v) is 7.50. The summed E-state index contributed by atoms with van der Waals surface area (Å²) in [7, 11) is 1.06. The molecule has 0 unspecified atom stereocenters. The van der Waals surface area contributed by atoms with Crippen molar-refractivity contribution in [2.24, 2.45) is 0 Å². The van der Waals surface area contributed by atoms with Gasteiger partial charge in [0.05, 0.1) is 23.4 Å². The number of carboxylic acids is 1. The van der Waals surface area contributed by atoms with E-state index in [0.717, 1.165) is 28.5 Å². The van der Waals surface area contributed by atoms with Gasteiger partial charge in [-0.1, -0.05) is 6.07 Å². The molecular formula is C26H28F3N7O5S. The normalized spacial score (nSPS) is 11.5. The maximum Gasteiger partial charge on any atom is 0.490 e. The number of hydrogen-bond donors (Lipinski definition) is 3. The van der Waals surface area contributed by atoms with Crippen LogP contribution in [0.4, 0.5) is 36.4 Å². The average molecular weight is 608 g/mol. The smallest absolute Gasteiger partial charge is 0.490 e. The molecule has 12 nitrogen and oxygen atoms in total. The Balaban J connectivity index is 0.000000616. The van der Waals surface area contributed by atoms with E-state index in [1.165, 1.54) is 18.4 Å². The molecule has 0 aliphatic heterocycles. The molecule has 0 spiro atoms. The molecular weight excluding hydrogens is 579 g/mol. The van der Waals surface area contributed by atoms with Crippen LogP contribution in [0.3, 0.4) is 0 Å². The minimum absolute atomic E-state index is 0.177. The van der Waals surface area contributed by atoms with E-state index in [9.17, 15) is 21.6 Å². The number of sulfonamides is 1. The Morgan fingerprint density at radius 1 is 1.05 bits per heavy atom. The molecule has 3 N–H and O–H groups in total. The molecule has 16 heteroatoms. The largest absolute Gasteiger partial charge is 0.497 e. The molecule has 42 heavy (non-hydrogen) atoms. The zero-order valence-corrected chi connectivity index (χ0v) is 23.9. The Hall–Kier alpha value is -4.70. The first-order valence-corrected chi connectivity index (χ1v) is 13.5. The Morgan fingerprint density at radius 3 is 2.26 bits per heavy atom. The molecule has 224 valence electrons. The summed E-state index contributed by atoms with van der Waals surface area (Å²) in [5.74, 6) is -0.349. The highest BCUT2D eigenvalue weighted by Crippen LogP contribution is 2.27. The van der Waals surface area contributed by atoms with Gasteiger partial charge in [0.25, 0.3) is 0 Å². The second kappa shape index (κ2) is 12.9. The minimum atomic E-state index is -5.08. The first-order valence-electron chi connectivity index (χ1n) is 12.0. The summed E-state index contributed by atoms with van der Waals surface area (Å²) < 4.78 is 64.9. The molecule has 0 saturated heterocycles. The van der Waals surface area contributed by atoms with Gasteiger partial charge in [0.2, 0.25) is 16.0 Å². The maximum atomic E-state index is 12.5. The Morgan fingerprint density at radius 2 is 1.69 bits per heavy atom. The Bertz CT molecular complexity index is 1660. The Labute approximate surface area is 239 Å². The van der Waals surface area contributed by atoms with Crippen LogP contribution in [0, 0.1) is 13.8 Å². The standard InChI is InChI=1S/C24H27N7O3S.C2HF3O2/c1-16-17(2)29-31(19-9-11-20(34-5)12-10-19)23(16)27-22-13-14-25-24(28-22)26-18-7-6-8-21(15-18)35(32,33)30(3)4;3-2(4,5)1(6)7/h6-15H,1-5H3,(H2,25,26,27,28);(H,6,7). The first kappa shape index (κ1) is 31.8. The average Bonchev–Trinajstić information content (AvgIpc) is 3.21. The fourth-order valence-corrected chi connectivity index (χ4v) is 4.29. The van der Waals surface area contributed by atoms with E-state index in [4.69, 9.17) is 14.6 Å². The van der Waals surface area contributed by atoms with Gasteiger partial charge in [-0.15, -0.1) is 0 Å². The molecule has 2 aromatic carbocycles. The number of rotatable bonds is 8. The number of carbonyl (C=O) groups is 1. The van der Waals surface area contributed by atoms with Crippen LogP contribution in [0.1, 0.15) is 11.3 Å². The van der Waals surface area contributed by atoms with Crippen molar-refractivity contribution in [3.05, 3.63) is 72.1 Å². The van der Waals surface area contributed by atoms with Crippen LogP contribution in [0.25, 0.3) is 5.69 Å². The number of benzene rings is 2. The van der Waals surface area contributed by atoms with E-state index in [1.807, 2.05) is 42.8 Å². The molecule has 0 fully saturated rings. The molecule has 0 aliphatic rings. The van der Waals surface area contributed by atoms with Crippen LogP contribution in [0.5, 0.6) is 5.75 Å². The highest BCUT2D eigenvalue weighted by molar-refractivity contribution is 7.89. The summed E-state index contributed by atoms with van der Waals surface area (Å²) in [6, 6.07) is 15.9. The number of anilines is 4. The summed E-state index contributed by atoms with van der Waals surface area (Å²) in [6.07, 6.45) is -3.46. The summed E-state index contributed by atoms with van der Waals surface area (Å²) in [5.41, 5.74) is 3.29. The third kappa shape index (κ3) is 7.73. The number of alkyl halides is 3. The summed E-state index contributed by atoms with van der Waals surface area (Å²) in [6.45, 7) is 3.93. The monoisotopic (exact) mass is 607 g/mol. The zero-order valence-electron chi connectivity index (χ0n) is 23.1. The Kier molecular flexibility index (Phi) is 9.75. The first-order chi connectivity index (χ1) is 19.6. The van der Waals surface area contributed by atoms with Crippen LogP contribution < -0.4 is 15.4 Å². The van der Waals surface area contributed by atoms with Crippen molar-refractivity contribution in [3.8, 4) is 11.4 Å². The second-order valence-electron chi connectivity index (χ2n) is 8.80. The van der Waals surface area contributed by atoms with E-state index < -0.39 is 22.2 Å². The van der Waals surface area contributed by atoms with E-state index in [1.54, 1.807) is 43.6 Å². The predicted molar refractivity (Wildman–Crippen MR) is 149 cm³/mol. The molecule has 4 rings (SSSR count). The van der Waals surface area contributed by atoms with Gasteiger partial charge in [-0.2, -0.15) is 23.3 Å². The SMILES string of the molecule is COc1ccc(-n2nc(C)c(C)c2Nc2ccnc(Nc3cccc(S(=O)(=O)N(C)C)c3)n2)cc1.O=C(O)C(F)(F)F. The van der Waals surface area contributed by atoms with Crippen LogP contribution in [-0.2, 0) is 14.8 Å². The van der Waals surface area contributed by atoms with Gasteiger partial charge in [-0.25, -0.2) is 27.2 Å². The molecule has 0 atom stereocenters. The van der Waals surface area contributed by atoms with Gasteiger partial charge in [0.1, 0.15) is 17.4 Å². The van der Waals surface area contributed by atoms with Crippen molar-refractivity contribution >= 4 is 39.3 Å². The molecule has 0 bridgehead atoms. The minimum Gasteiger partial charge on any atom is -0.497 e. The van der Waals surface area contributed by atoms with Gasteiger partial charge in [0.15, 0.2) is 0 Å². The van der Waals surface area contributed by atoms with Gasteiger partial charge in [-0.3, -0.25) is 0 Å². The van der Waals surface area contributed by atoms with Crippen molar-refractivity contribution in [2.45, 2.75) is 24.9 Å². The fraction of sp³-hybridized carbons (Fsp3) is 0.231. The summed E-state index contributed by atoms with van der Waals surface area (Å²) >= 11 is 0. The lowest BCUT2D eigenvalue weighted by atomic mass is 10.2. The van der Waals surface area contributed by atoms with Crippen LogP contribution in [0.2, 0.25) is 0 Å². The second-order valence-corrected chi connectivity index (χ2v) is 11.0. The third-order valence-electron chi connectivity index (χ3n) is 5.69. The molecule has 0 amide bonds. The molecule has 0 saturated carbocycles. The maximum absolute atomic E-state index is 12.5. The van der Waals surface area contributed by atoms with Crippen LogP contribution in [-0.4, -0.2) is 70.9 Å². The quantitative estimate of drug-likeness (QED) is 0.258. The molecule has 4 aromatic rings. The number of methoxy groups -OCH3 is 1. The lowest BCUT2D eigenvalue weighted by Gasteiger charge is -2.13. The van der Waals surface area contributed by atoms with E-state index in [-0.39, 0.29) is 4.90 Å². The highest BCUT2D eigenvalue weighted by Gasteiger charge is 2.38. The number of hydrogen-bond acceptors (Lipinski definition) is 9. The van der Waals surface area contributed by atoms with Gasteiger partial charge in [0, 0.05) is 31.5 Å². The van der Waals surface area contributed by atoms with E-state index in [2.05, 4.69) is 25.7 Å². The van der Waals surface area contributed by atoms with Crippen molar-refractivity contribution < 1.29 is 36.2 Å². The molecule has 2 heterocycles. The predicted octanol–water partition coefficient (Wildman–Crippen LogP) is 4.66. The van der Waals surface area contributed by atoms with Gasteiger partial charge < -0.3 is 20.5 Å². The molecule has 0 aliphatic carbocycles. The van der Waals surface area contributed by atoms with Crippen LogP contribution >= 0.6 is 0 Å². The number of nitrogens with zero attached hydrogens (tertiary/aromatic N) is 5. The van der Waals surface area contributed by atoms with Gasteiger partial charge in [-0.05, 0) is 62.4 Å². The number of aryl methyl sites for hydroxylation is 1. The molecule has 0 radical (unpaired) electrons. The number of halogens is 3. The lowest BCUT2D eigenvalue weighted by molar-refractivity contribution is -0.192. The van der Waals surface area contributed by atoms with Crippen molar-refractivity contribution in [3.63, 3.8) is 0 Å². The van der Waals surface area contributed by atoms with Crippen molar-refractivity contribution in [1.29, 1.82) is 0 Å².